The van der Waals surface area contributed by atoms with Crippen LogP contribution in [0, 0.1) is 19.7 Å². The SMILES string of the molecule is Cc1nc2c3c(nn2c(C)c1Cl)CN(C(=O)c1ccc(F)cc1O[C@@H]1CCN(C2CCOCC2)C1)C3. The van der Waals surface area contributed by atoms with Gasteiger partial charge in [0.25, 0.3) is 5.91 Å². The van der Waals surface area contributed by atoms with Crippen molar-refractivity contribution in [2.24, 2.45) is 0 Å². The topological polar surface area (TPSA) is 72.2 Å². The standard InChI is InChI=1S/C26H29ClFN5O3/c1-15-24(27)16(2)33-25(29-15)21-13-32(14-22(21)30-33)26(34)20-4-3-17(28)11-23(20)36-19-5-8-31(12-19)18-6-9-35-10-7-18/h3-4,11,18-19H,5-10,12-14H2,1-2H3/t19-/m1/s1. The molecule has 0 spiro atoms. The summed E-state index contributed by atoms with van der Waals surface area (Å²) in [5.74, 6) is -0.327. The third-order valence-electron chi connectivity index (χ3n) is 7.59. The van der Waals surface area contributed by atoms with E-state index < -0.39 is 5.82 Å². The van der Waals surface area contributed by atoms with E-state index in [1.807, 2.05) is 13.8 Å². The molecule has 2 saturated heterocycles. The summed E-state index contributed by atoms with van der Waals surface area (Å²) in [6, 6.07) is 4.66. The highest BCUT2D eigenvalue weighted by atomic mass is 35.5. The Bertz CT molecular complexity index is 1340. The summed E-state index contributed by atoms with van der Waals surface area (Å²) in [5, 5.41) is 5.25. The van der Waals surface area contributed by atoms with Crippen molar-refractivity contribution in [3.05, 3.63) is 57.2 Å². The zero-order valence-corrected chi connectivity index (χ0v) is 21.2. The molecule has 3 aliphatic heterocycles. The van der Waals surface area contributed by atoms with Gasteiger partial charge in [-0.15, -0.1) is 0 Å². The number of aromatic nitrogens is 3. The number of hydrogen-bond acceptors (Lipinski definition) is 6. The molecule has 5 heterocycles. The number of halogens is 2. The number of amides is 1. The van der Waals surface area contributed by atoms with E-state index in [4.69, 9.17) is 21.1 Å². The summed E-state index contributed by atoms with van der Waals surface area (Å²) in [7, 11) is 0. The Morgan fingerprint density at radius 1 is 1.19 bits per heavy atom. The molecule has 0 saturated carbocycles. The Morgan fingerprint density at radius 2 is 2.00 bits per heavy atom. The molecule has 0 N–H and O–H groups in total. The van der Waals surface area contributed by atoms with Gasteiger partial charge >= 0.3 is 0 Å². The first kappa shape index (κ1) is 23.6. The molecule has 0 radical (unpaired) electrons. The van der Waals surface area contributed by atoms with Crippen LogP contribution in [0.5, 0.6) is 5.75 Å². The van der Waals surface area contributed by atoms with Gasteiger partial charge < -0.3 is 14.4 Å². The molecule has 10 heteroatoms. The Kier molecular flexibility index (Phi) is 6.09. The summed E-state index contributed by atoms with van der Waals surface area (Å²) in [5.41, 5.74) is 4.36. The van der Waals surface area contributed by atoms with Crippen LogP contribution in [0.2, 0.25) is 5.02 Å². The van der Waals surface area contributed by atoms with Crippen LogP contribution in [0.4, 0.5) is 4.39 Å². The molecule has 2 fully saturated rings. The van der Waals surface area contributed by atoms with E-state index in [0.717, 1.165) is 73.9 Å². The molecule has 2 aromatic heterocycles. The predicted molar refractivity (Wildman–Crippen MR) is 132 cm³/mol. The van der Waals surface area contributed by atoms with E-state index in [2.05, 4.69) is 15.0 Å². The fraction of sp³-hybridized carbons (Fsp3) is 0.500. The smallest absolute Gasteiger partial charge is 0.258 e. The third kappa shape index (κ3) is 4.13. The summed E-state index contributed by atoms with van der Waals surface area (Å²) >= 11 is 6.35. The van der Waals surface area contributed by atoms with Crippen molar-refractivity contribution in [1.29, 1.82) is 0 Å². The number of fused-ring (bicyclic) bond motifs is 3. The van der Waals surface area contributed by atoms with Gasteiger partial charge in [0, 0.05) is 44.0 Å². The van der Waals surface area contributed by atoms with Gasteiger partial charge in [-0.2, -0.15) is 5.10 Å². The van der Waals surface area contributed by atoms with Crippen molar-refractivity contribution in [3.8, 4) is 5.75 Å². The highest BCUT2D eigenvalue weighted by Crippen LogP contribution is 2.32. The molecular formula is C26H29ClFN5O3. The second kappa shape index (κ2) is 9.28. The number of hydrogen-bond donors (Lipinski definition) is 0. The number of nitrogens with zero attached hydrogens (tertiary/aromatic N) is 5. The van der Waals surface area contributed by atoms with Crippen LogP contribution in [0.3, 0.4) is 0 Å². The molecule has 8 nitrogen and oxygen atoms in total. The van der Waals surface area contributed by atoms with Gasteiger partial charge in [-0.25, -0.2) is 13.9 Å². The Hall–Kier alpha value is -2.75. The van der Waals surface area contributed by atoms with Crippen LogP contribution in [0.1, 0.15) is 52.3 Å². The summed E-state index contributed by atoms with van der Waals surface area (Å²) in [4.78, 5) is 22.3. The summed E-state index contributed by atoms with van der Waals surface area (Å²) < 4.78 is 27.7. The molecule has 1 amide bonds. The van der Waals surface area contributed by atoms with E-state index in [1.165, 1.54) is 18.2 Å². The monoisotopic (exact) mass is 513 g/mol. The van der Waals surface area contributed by atoms with Crippen molar-refractivity contribution < 1.29 is 18.7 Å². The molecule has 6 rings (SSSR count). The van der Waals surface area contributed by atoms with Crippen LogP contribution in [0.15, 0.2) is 18.2 Å². The lowest BCUT2D eigenvalue weighted by Gasteiger charge is -2.30. The molecule has 0 aliphatic carbocycles. The van der Waals surface area contributed by atoms with Gasteiger partial charge in [-0.3, -0.25) is 9.69 Å². The van der Waals surface area contributed by atoms with Gasteiger partial charge in [0.2, 0.25) is 0 Å². The minimum atomic E-state index is -0.421. The molecule has 36 heavy (non-hydrogen) atoms. The lowest BCUT2D eigenvalue weighted by Crippen LogP contribution is -2.38. The Morgan fingerprint density at radius 3 is 2.81 bits per heavy atom. The number of carbonyl (C=O) groups is 1. The van der Waals surface area contributed by atoms with Crippen LogP contribution in [-0.2, 0) is 17.8 Å². The minimum absolute atomic E-state index is 0.0823. The molecule has 0 unspecified atom stereocenters. The predicted octanol–water partition coefficient (Wildman–Crippen LogP) is 3.93. The molecular weight excluding hydrogens is 485 g/mol. The van der Waals surface area contributed by atoms with Crippen LogP contribution in [0.25, 0.3) is 5.65 Å². The maximum Gasteiger partial charge on any atom is 0.258 e. The van der Waals surface area contributed by atoms with E-state index in [1.54, 1.807) is 9.42 Å². The van der Waals surface area contributed by atoms with Crippen LogP contribution >= 0.6 is 11.6 Å². The maximum atomic E-state index is 14.2. The average molecular weight is 514 g/mol. The lowest BCUT2D eigenvalue weighted by atomic mass is 10.1. The molecule has 1 atom stereocenters. The molecule has 190 valence electrons. The van der Waals surface area contributed by atoms with Gasteiger partial charge in [-0.05, 0) is 45.2 Å². The summed E-state index contributed by atoms with van der Waals surface area (Å²) in [6.45, 7) is 7.79. The minimum Gasteiger partial charge on any atom is -0.488 e. The van der Waals surface area contributed by atoms with Crippen LogP contribution in [-0.4, -0.2) is 68.8 Å². The first-order valence-electron chi connectivity index (χ1n) is 12.5. The highest BCUT2D eigenvalue weighted by molar-refractivity contribution is 6.31. The second-order valence-electron chi connectivity index (χ2n) is 9.93. The maximum absolute atomic E-state index is 14.2. The van der Waals surface area contributed by atoms with Crippen molar-refractivity contribution in [2.75, 3.05) is 26.3 Å². The zero-order valence-electron chi connectivity index (χ0n) is 20.5. The molecule has 3 aromatic rings. The normalized spacial score (nSPS) is 20.9. The number of ether oxygens (including phenoxy) is 2. The van der Waals surface area contributed by atoms with Gasteiger partial charge in [0.1, 0.15) is 17.7 Å². The number of carbonyl (C=O) groups excluding carboxylic acids is 1. The quantitative estimate of drug-likeness (QED) is 0.526. The molecule has 0 bridgehead atoms. The average Bonchev–Trinajstić information content (AvgIpc) is 3.59. The van der Waals surface area contributed by atoms with Gasteiger partial charge in [-0.1, -0.05) is 11.6 Å². The Labute approximate surface area is 213 Å². The van der Waals surface area contributed by atoms with E-state index in [0.29, 0.717) is 35.5 Å². The van der Waals surface area contributed by atoms with Crippen molar-refractivity contribution in [3.63, 3.8) is 0 Å². The molecule has 3 aliphatic rings. The zero-order chi connectivity index (χ0) is 25.0. The first-order valence-corrected chi connectivity index (χ1v) is 12.9. The third-order valence-corrected chi connectivity index (χ3v) is 8.14. The van der Waals surface area contributed by atoms with Crippen molar-refractivity contribution in [1.82, 2.24) is 24.4 Å². The number of benzene rings is 1. The van der Waals surface area contributed by atoms with Crippen molar-refractivity contribution in [2.45, 2.75) is 58.3 Å². The number of aryl methyl sites for hydroxylation is 2. The largest absolute Gasteiger partial charge is 0.488 e. The number of rotatable bonds is 4. The number of likely N-dealkylation sites (tertiary alicyclic amines) is 1. The highest BCUT2D eigenvalue weighted by Gasteiger charge is 2.34. The van der Waals surface area contributed by atoms with E-state index in [9.17, 15) is 9.18 Å². The molecule has 1 aromatic carbocycles. The van der Waals surface area contributed by atoms with Crippen LogP contribution < -0.4 is 4.74 Å². The van der Waals surface area contributed by atoms with Gasteiger partial charge in [0.15, 0.2) is 5.65 Å². The second-order valence-corrected chi connectivity index (χ2v) is 10.3. The lowest BCUT2D eigenvalue weighted by molar-refractivity contribution is 0.0386. The van der Waals surface area contributed by atoms with E-state index >= 15 is 0 Å². The van der Waals surface area contributed by atoms with Gasteiger partial charge in [0.05, 0.1) is 40.8 Å². The first-order chi connectivity index (χ1) is 17.4. The summed E-state index contributed by atoms with van der Waals surface area (Å²) in [6.07, 6.45) is 2.81. The fourth-order valence-electron chi connectivity index (χ4n) is 5.61. The van der Waals surface area contributed by atoms with E-state index in [-0.39, 0.29) is 12.0 Å². The Balaban J connectivity index is 1.20. The fourth-order valence-corrected chi connectivity index (χ4v) is 5.73. The van der Waals surface area contributed by atoms with Crippen molar-refractivity contribution >= 4 is 23.2 Å².